The number of nitrogens with zero attached hydrogens (tertiary/aromatic N) is 1. The number of rotatable bonds is 3. The van der Waals surface area contributed by atoms with Crippen LogP contribution in [-0.2, 0) is 14.4 Å². The second-order valence-electron chi connectivity index (χ2n) is 10.00. The summed E-state index contributed by atoms with van der Waals surface area (Å²) in [6.45, 7) is 0. The number of primary amides is 1. The number of phenolic OH excluding ortho intramolecular Hbond substituents is 1. The minimum Gasteiger partial charge on any atom is -0.508 e. The van der Waals surface area contributed by atoms with Crippen LogP contribution in [0.15, 0.2) is 59.4 Å². The van der Waals surface area contributed by atoms with Gasteiger partial charge >= 0.3 is 0 Å². The van der Waals surface area contributed by atoms with E-state index in [0.717, 1.165) is 0 Å². The Morgan fingerprint density at radius 2 is 1.63 bits per heavy atom. The van der Waals surface area contributed by atoms with Crippen LogP contribution < -0.4 is 5.73 Å². The molecule has 8 N–H and O–H groups in total. The Kier molecular flexibility index (Phi) is 5.73. The van der Waals surface area contributed by atoms with Crippen molar-refractivity contribution in [1.29, 1.82) is 0 Å². The Morgan fingerprint density at radius 1 is 1.00 bits per heavy atom. The molecular weight excluding hydrogens is 496 g/mol. The molecule has 6 atom stereocenters. The van der Waals surface area contributed by atoms with Crippen LogP contribution in [0.2, 0.25) is 0 Å². The number of nitrogens with two attached hydrogens (primary N) is 1. The standard InChI is InChI=1S/C27H26N2O9/c1-29(2)18-17-22(33)14-15(24(35)27(17,38)25(36)16(23(18)34)26(28)37)21(32)13-12(20(14)31)9-8-11(19(13)30)10-6-4-3-5-7-10/h3-9,14,17-18,20,22,30-33,36,38H,1-2H3,(H2,28,37)/t14-,17+,18-,20-,22-,27-/m0/s1. The highest BCUT2D eigenvalue weighted by Crippen LogP contribution is 2.56. The number of aromatic hydroxyl groups is 1. The lowest BCUT2D eigenvalue weighted by Gasteiger charge is -2.53. The van der Waals surface area contributed by atoms with E-state index in [0.29, 0.717) is 5.56 Å². The van der Waals surface area contributed by atoms with Crippen LogP contribution in [0, 0.1) is 11.8 Å². The summed E-state index contributed by atoms with van der Waals surface area (Å²) in [6, 6.07) is 10.1. The number of carbonyl (C=O) groups is 3. The number of hydrogen-bond donors (Lipinski definition) is 7. The first kappa shape index (κ1) is 25.6. The number of amides is 1. The highest BCUT2D eigenvalue weighted by atomic mass is 16.4. The van der Waals surface area contributed by atoms with Gasteiger partial charge in [0.25, 0.3) is 5.91 Å². The molecule has 0 aliphatic heterocycles. The molecule has 0 spiro atoms. The van der Waals surface area contributed by atoms with Gasteiger partial charge in [-0.1, -0.05) is 42.5 Å². The quantitative estimate of drug-likeness (QED) is 0.271. The number of carbonyl (C=O) groups excluding carboxylic acids is 3. The van der Waals surface area contributed by atoms with Gasteiger partial charge in [0.05, 0.1) is 29.7 Å². The summed E-state index contributed by atoms with van der Waals surface area (Å²) in [5.41, 5.74) is 1.14. The van der Waals surface area contributed by atoms with Crippen molar-refractivity contribution in [2.45, 2.75) is 23.9 Å². The topological polar surface area (TPSA) is 202 Å². The predicted molar refractivity (Wildman–Crippen MR) is 132 cm³/mol. The van der Waals surface area contributed by atoms with Crippen molar-refractivity contribution < 1.29 is 45.0 Å². The molecular formula is C27H26N2O9. The molecule has 0 aromatic heterocycles. The Bertz CT molecular complexity index is 1460. The zero-order valence-corrected chi connectivity index (χ0v) is 20.4. The maximum atomic E-state index is 13.9. The zero-order valence-electron chi connectivity index (χ0n) is 20.4. The average Bonchev–Trinajstić information content (AvgIpc) is 2.86. The van der Waals surface area contributed by atoms with Gasteiger partial charge in [0, 0.05) is 17.1 Å². The molecule has 1 saturated carbocycles. The van der Waals surface area contributed by atoms with Gasteiger partial charge in [0.1, 0.15) is 22.8 Å². The van der Waals surface area contributed by atoms with Crippen LogP contribution in [0.1, 0.15) is 17.2 Å². The van der Waals surface area contributed by atoms with Crippen LogP contribution in [0.5, 0.6) is 5.75 Å². The largest absolute Gasteiger partial charge is 0.508 e. The first-order chi connectivity index (χ1) is 17.8. The van der Waals surface area contributed by atoms with Crippen molar-refractivity contribution in [1.82, 2.24) is 4.90 Å². The molecule has 2 aromatic rings. The summed E-state index contributed by atoms with van der Waals surface area (Å²) in [5, 5.41) is 67.7. The van der Waals surface area contributed by atoms with Gasteiger partial charge in [-0.2, -0.15) is 0 Å². The van der Waals surface area contributed by atoms with E-state index in [1.54, 1.807) is 30.3 Å². The molecule has 198 valence electrons. The van der Waals surface area contributed by atoms with Gasteiger partial charge < -0.3 is 36.4 Å². The molecule has 38 heavy (non-hydrogen) atoms. The normalized spacial score (nSPS) is 30.7. The number of benzene rings is 2. The van der Waals surface area contributed by atoms with Crippen molar-refractivity contribution in [3.63, 3.8) is 0 Å². The smallest absolute Gasteiger partial charge is 0.255 e. The SMILES string of the molecule is CN(C)[C@@H]1C(=O)C(C(N)=O)=C(O)[C@@]2(O)C(=O)C3=C(O)c4c(ccc(-c5ccccc5)c4O)[C@H](O)[C@H]3[C@H](O)[C@@H]12. The molecule has 2 aromatic carbocycles. The summed E-state index contributed by atoms with van der Waals surface area (Å²) in [6.07, 6.45) is -3.53. The van der Waals surface area contributed by atoms with Gasteiger partial charge in [0.2, 0.25) is 5.78 Å². The molecule has 0 unspecified atom stereocenters. The fourth-order valence-electron chi connectivity index (χ4n) is 6.13. The second-order valence-corrected chi connectivity index (χ2v) is 10.00. The van der Waals surface area contributed by atoms with E-state index in [1.165, 1.54) is 31.1 Å². The lowest BCUT2D eigenvalue weighted by Crippen LogP contribution is -2.70. The third-order valence-corrected chi connectivity index (χ3v) is 7.84. The summed E-state index contributed by atoms with van der Waals surface area (Å²) in [4.78, 5) is 40.4. The van der Waals surface area contributed by atoms with Crippen LogP contribution in [0.25, 0.3) is 16.9 Å². The van der Waals surface area contributed by atoms with Crippen molar-refractivity contribution in [3.05, 3.63) is 70.5 Å². The van der Waals surface area contributed by atoms with E-state index in [1.807, 2.05) is 0 Å². The number of hydrogen-bond acceptors (Lipinski definition) is 10. The number of aliphatic hydroxyl groups excluding tert-OH is 4. The van der Waals surface area contributed by atoms with Crippen molar-refractivity contribution in [2.75, 3.05) is 14.1 Å². The molecule has 1 fully saturated rings. The lowest BCUT2D eigenvalue weighted by atomic mass is 9.55. The van der Waals surface area contributed by atoms with Crippen molar-refractivity contribution in [2.24, 2.45) is 17.6 Å². The number of phenols is 1. The van der Waals surface area contributed by atoms with Crippen LogP contribution in [0.3, 0.4) is 0 Å². The average molecular weight is 523 g/mol. The predicted octanol–water partition coefficient (Wildman–Crippen LogP) is 0.0927. The maximum absolute atomic E-state index is 13.9. The van der Waals surface area contributed by atoms with Crippen LogP contribution in [0.4, 0.5) is 0 Å². The van der Waals surface area contributed by atoms with Crippen molar-refractivity contribution >= 4 is 23.2 Å². The first-order valence-electron chi connectivity index (χ1n) is 11.8. The van der Waals surface area contributed by atoms with E-state index in [4.69, 9.17) is 5.73 Å². The van der Waals surface area contributed by atoms with Gasteiger partial charge in [-0.3, -0.25) is 19.3 Å². The number of likely N-dealkylation sites (N-methyl/N-ethyl adjacent to an activating group) is 1. The van der Waals surface area contributed by atoms with Crippen molar-refractivity contribution in [3.8, 4) is 16.9 Å². The molecule has 11 heteroatoms. The fourth-order valence-corrected chi connectivity index (χ4v) is 6.13. The zero-order chi connectivity index (χ0) is 27.8. The maximum Gasteiger partial charge on any atom is 0.255 e. The number of Topliss-reactive ketones (excluding diaryl/α,β-unsaturated/α-hetero) is 2. The third kappa shape index (κ3) is 3.13. The minimum atomic E-state index is -3.05. The summed E-state index contributed by atoms with van der Waals surface area (Å²) >= 11 is 0. The molecule has 3 aliphatic rings. The number of aliphatic hydroxyl groups is 5. The van der Waals surface area contributed by atoms with E-state index in [-0.39, 0.29) is 16.7 Å². The molecule has 0 radical (unpaired) electrons. The molecule has 11 nitrogen and oxygen atoms in total. The van der Waals surface area contributed by atoms with Crippen LogP contribution >= 0.6 is 0 Å². The van der Waals surface area contributed by atoms with E-state index >= 15 is 0 Å². The van der Waals surface area contributed by atoms with Gasteiger partial charge in [0.15, 0.2) is 11.4 Å². The summed E-state index contributed by atoms with van der Waals surface area (Å²) in [7, 11) is 2.81. The molecule has 1 amide bonds. The highest BCUT2D eigenvalue weighted by molar-refractivity contribution is 6.24. The summed E-state index contributed by atoms with van der Waals surface area (Å²) in [5.74, 6) is -9.68. The Balaban J connectivity index is 1.79. The minimum absolute atomic E-state index is 0.00634. The third-order valence-electron chi connectivity index (χ3n) is 7.84. The summed E-state index contributed by atoms with van der Waals surface area (Å²) < 4.78 is 0. The highest BCUT2D eigenvalue weighted by Gasteiger charge is 2.68. The van der Waals surface area contributed by atoms with Gasteiger partial charge in [-0.15, -0.1) is 0 Å². The van der Waals surface area contributed by atoms with E-state index < -0.39 is 81.6 Å². The number of ketones is 2. The Morgan fingerprint density at radius 3 is 2.21 bits per heavy atom. The molecule has 5 rings (SSSR count). The van der Waals surface area contributed by atoms with Crippen LogP contribution in [-0.4, -0.2) is 84.9 Å². The van der Waals surface area contributed by atoms with Gasteiger partial charge in [-0.25, -0.2) is 0 Å². The van der Waals surface area contributed by atoms with E-state index in [9.17, 15) is 45.0 Å². The number of fused-ring (bicyclic) bond motifs is 3. The van der Waals surface area contributed by atoms with E-state index in [2.05, 4.69) is 0 Å². The molecule has 0 bridgehead atoms. The first-order valence-corrected chi connectivity index (χ1v) is 11.8. The molecule has 3 aliphatic carbocycles. The van der Waals surface area contributed by atoms with Gasteiger partial charge in [-0.05, 0) is 25.2 Å². The Hall–Kier alpha value is -4.03. The fraction of sp³-hybridized carbons (Fsp3) is 0.296. The molecule has 0 saturated heterocycles. The Labute approximate surface area is 216 Å². The molecule has 0 heterocycles. The monoisotopic (exact) mass is 522 g/mol. The lowest BCUT2D eigenvalue weighted by molar-refractivity contribution is -0.174. The second kappa shape index (κ2) is 8.50.